The van der Waals surface area contributed by atoms with E-state index in [4.69, 9.17) is 28.1 Å². The fourth-order valence-corrected chi connectivity index (χ4v) is 1.26. The third-order valence-corrected chi connectivity index (χ3v) is 1.75. The third-order valence-electron chi connectivity index (χ3n) is 0.583. The standard InChI is InChI=1S/C3H5Cl2O3P/c4-1-3(2-5)8-9(6)7/h3H,1-2H2/p+1. The van der Waals surface area contributed by atoms with Crippen LogP contribution < -0.4 is 0 Å². The highest BCUT2D eigenvalue weighted by Crippen LogP contribution is 2.19. The highest BCUT2D eigenvalue weighted by atomic mass is 35.5. The van der Waals surface area contributed by atoms with Gasteiger partial charge in [0.2, 0.25) is 0 Å². The molecular weight excluding hydrogens is 186 g/mol. The van der Waals surface area contributed by atoms with Crippen molar-refractivity contribution < 1.29 is 14.0 Å². The van der Waals surface area contributed by atoms with Gasteiger partial charge in [-0.25, -0.2) is 0 Å². The van der Waals surface area contributed by atoms with Crippen LogP contribution in [0, 0.1) is 0 Å². The zero-order valence-corrected chi connectivity index (χ0v) is 6.86. The van der Waals surface area contributed by atoms with E-state index in [2.05, 4.69) is 4.52 Å². The Kier molecular flexibility index (Phi) is 5.75. The van der Waals surface area contributed by atoms with Crippen molar-refractivity contribution in [3.05, 3.63) is 0 Å². The number of hydrogen-bond donors (Lipinski definition) is 1. The zero-order chi connectivity index (χ0) is 7.28. The molecule has 0 radical (unpaired) electrons. The lowest BCUT2D eigenvalue weighted by Crippen LogP contribution is -2.12. The SMILES string of the molecule is O=[P+](O)OC(CCl)CCl. The second kappa shape index (κ2) is 5.39. The molecule has 1 unspecified atom stereocenters. The van der Waals surface area contributed by atoms with Crippen molar-refractivity contribution in [2.24, 2.45) is 0 Å². The summed E-state index contributed by atoms with van der Waals surface area (Å²) in [7, 11) is -2.57. The van der Waals surface area contributed by atoms with Gasteiger partial charge in [0.1, 0.15) is 6.10 Å². The van der Waals surface area contributed by atoms with Crippen LogP contribution in [0.4, 0.5) is 0 Å². The van der Waals surface area contributed by atoms with Crippen LogP contribution in [0.1, 0.15) is 0 Å². The molecule has 0 spiro atoms. The van der Waals surface area contributed by atoms with Crippen LogP contribution in [-0.4, -0.2) is 22.8 Å². The van der Waals surface area contributed by atoms with E-state index in [-0.39, 0.29) is 11.8 Å². The molecule has 0 saturated heterocycles. The Morgan fingerprint density at radius 1 is 1.56 bits per heavy atom. The quantitative estimate of drug-likeness (QED) is 0.542. The van der Waals surface area contributed by atoms with Crippen LogP contribution in [0.15, 0.2) is 0 Å². The molecule has 0 aromatic heterocycles. The van der Waals surface area contributed by atoms with Gasteiger partial charge in [-0.15, -0.1) is 32.6 Å². The Labute approximate surface area is 63.9 Å². The van der Waals surface area contributed by atoms with Gasteiger partial charge in [-0.1, -0.05) is 0 Å². The first kappa shape index (κ1) is 9.60. The van der Waals surface area contributed by atoms with E-state index in [1.165, 1.54) is 0 Å². The summed E-state index contributed by atoms with van der Waals surface area (Å²) < 4.78 is 14.3. The van der Waals surface area contributed by atoms with Gasteiger partial charge in [-0.05, 0) is 0 Å². The summed E-state index contributed by atoms with van der Waals surface area (Å²) in [5, 5.41) is 0. The van der Waals surface area contributed by atoms with Gasteiger partial charge >= 0.3 is 8.25 Å². The van der Waals surface area contributed by atoms with Crippen molar-refractivity contribution in [2.75, 3.05) is 11.8 Å². The Hall–Kier alpha value is 0.600. The van der Waals surface area contributed by atoms with Crippen molar-refractivity contribution in [1.29, 1.82) is 0 Å². The van der Waals surface area contributed by atoms with Crippen LogP contribution in [0.25, 0.3) is 0 Å². The molecule has 0 aliphatic heterocycles. The topological polar surface area (TPSA) is 46.5 Å². The van der Waals surface area contributed by atoms with Gasteiger partial charge in [0.15, 0.2) is 0 Å². The fraction of sp³-hybridized carbons (Fsp3) is 1.00. The summed E-state index contributed by atoms with van der Waals surface area (Å²) in [4.78, 5) is 8.15. The maximum Gasteiger partial charge on any atom is 0.695 e. The lowest BCUT2D eigenvalue weighted by Gasteiger charge is -1.97. The van der Waals surface area contributed by atoms with Crippen molar-refractivity contribution >= 4 is 31.5 Å². The molecule has 0 bridgehead atoms. The zero-order valence-electron chi connectivity index (χ0n) is 4.46. The van der Waals surface area contributed by atoms with Gasteiger partial charge in [0, 0.05) is 4.57 Å². The minimum atomic E-state index is -2.57. The molecule has 0 aliphatic rings. The highest BCUT2D eigenvalue weighted by Gasteiger charge is 2.20. The summed E-state index contributed by atoms with van der Waals surface area (Å²) in [6.07, 6.45) is -0.526. The molecule has 0 rings (SSSR count). The smallest absolute Gasteiger partial charge is 0.133 e. The maximum absolute atomic E-state index is 9.94. The normalized spacial score (nSPS) is 12.2. The predicted molar refractivity (Wildman–Crippen MR) is 36.1 cm³/mol. The Balaban J connectivity index is 3.43. The summed E-state index contributed by atoms with van der Waals surface area (Å²) in [5.74, 6) is 0.260. The molecule has 9 heavy (non-hydrogen) atoms. The largest absolute Gasteiger partial charge is 0.695 e. The second-order valence-corrected chi connectivity index (χ2v) is 2.58. The first-order valence-electron chi connectivity index (χ1n) is 2.15. The third kappa shape index (κ3) is 5.07. The van der Waals surface area contributed by atoms with Crippen LogP contribution in [0.2, 0.25) is 0 Å². The fourth-order valence-electron chi connectivity index (χ4n) is 0.225. The van der Waals surface area contributed by atoms with Gasteiger partial charge in [-0.3, -0.25) is 0 Å². The van der Waals surface area contributed by atoms with Crippen LogP contribution in [0.5, 0.6) is 0 Å². The van der Waals surface area contributed by atoms with E-state index >= 15 is 0 Å². The van der Waals surface area contributed by atoms with Crippen LogP contribution in [0.3, 0.4) is 0 Å². The molecule has 3 nitrogen and oxygen atoms in total. The average molecular weight is 192 g/mol. The van der Waals surface area contributed by atoms with Crippen LogP contribution >= 0.6 is 31.5 Å². The molecule has 0 saturated carbocycles. The van der Waals surface area contributed by atoms with E-state index in [1.807, 2.05) is 0 Å². The van der Waals surface area contributed by atoms with Crippen molar-refractivity contribution in [1.82, 2.24) is 0 Å². The molecule has 1 atom stereocenters. The number of rotatable bonds is 4. The minimum absolute atomic E-state index is 0.130. The van der Waals surface area contributed by atoms with E-state index in [0.29, 0.717) is 0 Å². The van der Waals surface area contributed by atoms with Crippen LogP contribution in [-0.2, 0) is 9.09 Å². The summed E-state index contributed by atoms with van der Waals surface area (Å²) in [6.45, 7) is 0. The number of hydrogen-bond acceptors (Lipinski definition) is 2. The number of halogens is 2. The molecule has 0 heterocycles. The molecule has 0 fully saturated rings. The van der Waals surface area contributed by atoms with Crippen molar-refractivity contribution in [3.63, 3.8) is 0 Å². The second-order valence-electron chi connectivity index (χ2n) is 1.27. The Morgan fingerprint density at radius 3 is 2.11 bits per heavy atom. The monoisotopic (exact) mass is 191 g/mol. The van der Waals surface area contributed by atoms with Crippen molar-refractivity contribution in [2.45, 2.75) is 6.10 Å². The van der Waals surface area contributed by atoms with E-state index in [9.17, 15) is 4.57 Å². The predicted octanol–water partition coefficient (Wildman–Crippen LogP) is 1.50. The molecule has 0 aromatic carbocycles. The van der Waals surface area contributed by atoms with Gasteiger partial charge in [-0.2, -0.15) is 0 Å². The summed E-state index contributed by atoms with van der Waals surface area (Å²) in [5.41, 5.74) is 0. The van der Waals surface area contributed by atoms with E-state index in [1.54, 1.807) is 0 Å². The molecule has 6 heteroatoms. The minimum Gasteiger partial charge on any atom is -0.133 e. The average Bonchev–Trinajstić information content (AvgIpc) is 1.82. The molecule has 0 aliphatic carbocycles. The Morgan fingerprint density at radius 2 is 2.00 bits per heavy atom. The molecular formula is C3H6Cl2O3P+. The molecule has 0 amide bonds. The lowest BCUT2D eigenvalue weighted by atomic mass is 10.5. The van der Waals surface area contributed by atoms with Gasteiger partial charge < -0.3 is 0 Å². The van der Waals surface area contributed by atoms with Gasteiger partial charge in [0.25, 0.3) is 0 Å². The first-order chi connectivity index (χ1) is 4.20. The van der Waals surface area contributed by atoms with E-state index < -0.39 is 14.4 Å². The van der Waals surface area contributed by atoms with E-state index in [0.717, 1.165) is 0 Å². The maximum atomic E-state index is 9.94. The van der Waals surface area contributed by atoms with Gasteiger partial charge in [0.05, 0.1) is 11.8 Å². The molecule has 1 N–H and O–H groups in total. The molecule has 0 aromatic rings. The summed E-state index contributed by atoms with van der Waals surface area (Å²) >= 11 is 10.5. The lowest BCUT2D eigenvalue weighted by molar-refractivity contribution is 0.228. The molecule has 54 valence electrons. The van der Waals surface area contributed by atoms with Crippen molar-refractivity contribution in [3.8, 4) is 0 Å². The Bertz CT molecular complexity index is 95.1. The highest BCUT2D eigenvalue weighted by molar-refractivity contribution is 7.32. The number of alkyl halides is 2. The summed E-state index contributed by atoms with van der Waals surface area (Å²) in [6, 6.07) is 0. The first-order valence-corrected chi connectivity index (χ1v) is 4.35.